The van der Waals surface area contributed by atoms with Gasteiger partial charge in [0, 0.05) is 18.7 Å². The Hall–Kier alpha value is -1.18. The van der Waals surface area contributed by atoms with E-state index in [4.69, 9.17) is 0 Å². The maximum atomic E-state index is 11.8. The summed E-state index contributed by atoms with van der Waals surface area (Å²) in [6.45, 7) is 3.21. The molecule has 1 atom stereocenters. The van der Waals surface area contributed by atoms with Gasteiger partial charge in [0.1, 0.15) is 0 Å². The van der Waals surface area contributed by atoms with Crippen LogP contribution in [-0.4, -0.2) is 30.0 Å². The number of carbonyl (C=O) groups is 1. The van der Waals surface area contributed by atoms with Gasteiger partial charge in [-0.1, -0.05) is 0 Å². The van der Waals surface area contributed by atoms with Gasteiger partial charge in [-0.2, -0.15) is 0 Å². The van der Waals surface area contributed by atoms with Crippen LogP contribution in [0.1, 0.15) is 27.4 Å². The van der Waals surface area contributed by atoms with Gasteiger partial charge >= 0.3 is 0 Å². The molecule has 1 aliphatic heterocycles. The molecular formula is C11H16ClN3O3S. The van der Waals surface area contributed by atoms with Crippen molar-refractivity contribution in [3.05, 3.63) is 25.9 Å². The fraction of sp³-hybridized carbons (Fsp3) is 0.545. The Morgan fingerprint density at radius 3 is 2.95 bits per heavy atom. The van der Waals surface area contributed by atoms with E-state index in [9.17, 15) is 14.9 Å². The SMILES string of the molecule is Cc1sc(C(=O)NCC2CCCN2)cc1[N+](=O)[O-].Cl. The van der Waals surface area contributed by atoms with Crippen molar-refractivity contribution in [2.45, 2.75) is 25.8 Å². The lowest BCUT2D eigenvalue weighted by atomic mass is 10.2. The first-order valence-corrected chi connectivity index (χ1v) is 6.66. The van der Waals surface area contributed by atoms with E-state index in [-0.39, 0.29) is 24.0 Å². The average Bonchev–Trinajstić information content (AvgIpc) is 2.94. The average molecular weight is 306 g/mol. The summed E-state index contributed by atoms with van der Waals surface area (Å²) in [6.07, 6.45) is 2.19. The van der Waals surface area contributed by atoms with E-state index < -0.39 is 4.92 Å². The molecule has 0 saturated carbocycles. The number of hydrogen-bond donors (Lipinski definition) is 2. The van der Waals surface area contributed by atoms with Crippen LogP contribution in [0.5, 0.6) is 0 Å². The predicted molar refractivity (Wildman–Crippen MR) is 76.3 cm³/mol. The second kappa shape index (κ2) is 6.83. The number of amides is 1. The van der Waals surface area contributed by atoms with Crippen LogP contribution in [0.3, 0.4) is 0 Å². The third-order valence-corrected chi connectivity index (χ3v) is 4.02. The fourth-order valence-corrected chi connectivity index (χ4v) is 2.90. The van der Waals surface area contributed by atoms with E-state index >= 15 is 0 Å². The molecule has 1 unspecified atom stereocenters. The molecule has 0 radical (unpaired) electrons. The Bertz CT molecular complexity index is 472. The smallest absolute Gasteiger partial charge is 0.283 e. The summed E-state index contributed by atoms with van der Waals surface area (Å²) < 4.78 is 0. The van der Waals surface area contributed by atoms with Gasteiger partial charge in [0.2, 0.25) is 0 Å². The summed E-state index contributed by atoms with van der Waals surface area (Å²) >= 11 is 1.16. The Morgan fingerprint density at radius 2 is 2.42 bits per heavy atom. The summed E-state index contributed by atoms with van der Waals surface area (Å²) in [5, 5.41) is 16.8. The van der Waals surface area contributed by atoms with E-state index in [0.29, 0.717) is 22.3 Å². The third kappa shape index (κ3) is 3.89. The van der Waals surface area contributed by atoms with Gasteiger partial charge in [-0.15, -0.1) is 23.7 Å². The summed E-state index contributed by atoms with van der Waals surface area (Å²) in [4.78, 5) is 23.0. The molecule has 1 saturated heterocycles. The molecule has 1 aliphatic rings. The zero-order valence-corrected chi connectivity index (χ0v) is 12.1. The van der Waals surface area contributed by atoms with Crippen LogP contribution in [0.15, 0.2) is 6.07 Å². The van der Waals surface area contributed by atoms with Crippen molar-refractivity contribution in [1.29, 1.82) is 0 Å². The lowest BCUT2D eigenvalue weighted by molar-refractivity contribution is -0.385. The van der Waals surface area contributed by atoms with Crippen LogP contribution in [0.4, 0.5) is 5.69 Å². The number of carbonyl (C=O) groups excluding carboxylic acids is 1. The number of nitro groups is 1. The Kier molecular flexibility index (Phi) is 5.71. The molecular weight excluding hydrogens is 290 g/mol. The van der Waals surface area contributed by atoms with Crippen LogP contribution >= 0.6 is 23.7 Å². The van der Waals surface area contributed by atoms with Crippen molar-refractivity contribution in [2.24, 2.45) is 0 Å². The summed E-state index contributed by atoms with van der Waals surface area (Å²) in [6, 6.07) is 1.67. The highest BCUT2D eigenvalue weighted by atomic mass is 35.5. The number of nitrogens with one attached hydrogen (secondary N) is 2. The van der Waals surface area contributed by atoms with Crippen LogP contribution in [0.25, 0.3) is 0 Å². The summed E-state index contributed by atoms with van der Waals surface area (Å²) in [7, 11) is 0. The van der Waals surface area contributed by atoms with Crippen molar-refractivity contribution < 1.29 is 9.72 Å². The summed E-state index contributed by atoms with van der Waals surface area (Å²) in [5.74, 6) is -0.232. The van der Waals surface area contributed by atoms with E-state index in [0.717, 1.165) is 30.7 Å². The number of hydrogen-bond acceptors (Lipinski definition) is 5. The Balaban J connectivity index is 0.00000180. The van der Waals surface area contributed by atoms with E-state index in [2.05, 4.69) is 10.6 Å². The standard InChI is InChI=1S/C11H15N3O3S.ClH/c1-7-9(14(16)17)5-10(18-7)11(15)13-6-8-3-2-4-12-8;/h5,8,12H,2-4,6H2,1H3,(H,13,15);1H. The molecule has 106 valence electrons. The largest absolute Gasteiger partial charge is 0.350 e. The second-order valence-electron chi connectivity index (χ2n) is 4.31. The van der Waals surface area contributed by atoms with Crippen molar-refractivity contribution in [1.82, 2.24) is 10.6 Å². The quantitative estimate of drug-likeness (QED) is 0.657. The van der Waals surface area contributed by atoms with Gasteiger partial charge in [0.15, 0.2) is 0 Å². The van der Waals surface area contributed by atoms with Gasteiger partial charge in [-0.05, 0) is 26.3 Å². The van der Waals surface area contributed by atoms with Crippen molar-refractivity contribution in [3.63, 3.8) is 0 Å². The van der Waals surface area contributed by atoms with Gasteiger partial charge in [0.05, 0.1) is 14.7 Å². The molecule has 2 rings (SSSR count). The minimum Gasteiger partial charge on any atom is -0.350 e. The first-order valence-electron chi connectivity index (χ1n) is 5.84. The monoisotopic (exact) mass is 305 g/mol. The normalized spacial score (nSPS) is 17.8. The predicted octanol–water partition coefficient (Wildman–Crippen LogP) is 1.87. The Labute approximate surface area is 121 Å². The minimum atomic E-state index is -0.457. The molecule has 1 aromatic heterocycles. The van der Waals surface area contributed by atoms with Crippen LogP contribution in [-0.2, 0) is 0 Å². The molecule has 2 heterocycles. The highest BCUT2D eigenvalue weighted by Gasteiger charge is 2.20. The maximum absolute atomic E-state index is 11.8. The third-order valence-electron chi connectivity index (χ3n) is 2.98. The number of halogens is 1. The lowest BCUT2D eigenvalue weighted by Crippen LogP contribution is -2.36. The van der Waals surface area contributed by atoms with Gasteiger partial charge in [-0.3, -0.25) is 14.9 Å². The Morgan fingerprint density at radius 1 is 1.68 bits per heavy atom. The molecule has 6 nitrogen and oxygen atoms in total. The van der Waals surface area contributed by atoms with Gasteiger partial charge in [-0.25, -0.2) is 0 Å². The van der Waals surface area contributed by atoms with Crippen LogP contribution in [0, 0.1) is 17.0 Å². The topological polar surface area (TPSA) is 84.3 Å². The van der Waals surface area contributed by atoms with E-state index in [1.165, 1.54) is 6.07 Å². The van der Waals surface area contributed by atoms with Crippen molar-refractivity contribution >= 4 is 35.3 Å². The van der Waals surface area contributed by atoms with E-state index in [1.807, 2.05) is 0 Å². The second-order valence-corrected chi connectivity index (χ2v) is 5.57. The highest BCUT2D eigenvalue weighted by molar-refractivity contribution is 7.14. The summed E-state index contributed by atoms with van der Waals surface area (Å²) in [5.41, 5.74) is 0.0177. The first kappa shape index (κ1) is 15.9. The van der Waals surface area contributed by atoms with Crippen LogP contribution < -0.4 is 10.6 Å². The zero-order chi connectivity index (χ0) is 13.1. The van der Waals surface area contributed by atoms with Crippen molar-refractivity contribution in [2.75, 3.05) is 13.1 Å². The minimum absolute atomic E-state index is 0. The fourth-order valence-electron chi connectivity index (χ4n) is 2.00. The highest BCUT2D eigenvalue weighted by Crippen LogP contribution is 2.27. The van der Waals surface area contributed by atoms with Crippen molar-refractivity contribution in [3.8, 4) is 0 Å². The number of nitrogens with zero attached hydrogens (tertiary/aromatic N) is 1. The number of aryl methyl sites for hydroxylation is 1. The molecule has 2 N–H and O–H groups in total. The molecule has 19 heavy (non-hydrogen) atoms. The van der Waals surface area contributed by atoms with Gasteiger partial charge < -0.3 is 10.6 Å². The van der Waals surface area contributed by atoms with E-state index in [1.54, 1.807) is 6.92 Å². The molecule has 1 amide bonds. The zero-order valence-electron chi connectivity index (χ0n) is 10.5. The lowest BCUT2D eigenvalue weighted by Gasteiger charge is -2.10. The molecule has 0 bridgehead atoms. The molecule has 0 spiro atoms. The maximum Gasteiger partial charge on any atom is 0.283 e. The molecule has 1 fully saturated rings. The molecule has 8 heteroatoms. The number of thiophene rings is 1. The number of rotatable bonds is 4. The molecule has 0 aromatic carbocycles. The molecule has 0 aliphatic carbocycles. The molecule has 1 aromatic rings. The van der Waals surface area contributed by atoms with Gasteiger partial charge in [0.25, 0.3) is 11.6 Å². The van der Waals surface area contributed by atoms with Crippen LogP contribution in [0.2, 0.25) is 0 Å². The first-order chi connectivity index (χ1) is 8.58.